The van der Waals surface area contributed by atoms with Crippen LogP contribution in [0, 0.1) is 17.8 Å². The van der Waals surface area contributed by atoms with Crippen molar-refractivity contribution in [2.75, 3.05) is 32.9 Å². The molecule has 2 nitrogen and oxygen atoms in total. The molecule has 3 rings (SSSR count). The second-order valence-electron chi connectivity index (χ2n) is 8.95. The number of allylic oxidation sites excluding steroid dienone is 2. The molecule has 27 heavy (non-hydrogen) atoms. The van der Waals surface area contributed by atoms with Crippen molar-refractivity contribution in [2.45, 2.75) is 45.2 Å². The molecule has 1 aromatic rings. The molecule has 1 saturated heterocycles. The Morgan fingerprint density at radius 2 is 1.89 bits per heavy atom. The Morgan fingerprint density at radius 3 is 2.52 bits per heavy atom. The molecule has 4 heteroatoms. The van der Waals surface area contributed by atoms with Crippen molar-refractivity contribution in [3.8, 4) is 5.75 Å². The third kappa shape index (κ3) is 5.54. The number of alkyl halides is 2. The molecular weight excluding hydrogens is 344 g/mol. The molecular formula is C23H33F2NO. The summed E-state index contributed by atoms with van der Waals surface area (Å²) >= 11 is 0. The van der Waals surface area contributed by atoms with Crippen LogP contribution in [0.3, 0.4) is 0 Å². The summed E-state index contributed by atoms with van der Waals surface area (Å²) < 4.78 is 32.6. The van der Waals surface area contributed by atoms with Crippen molar-refractivity contribution in [2.24, 2.45) is 17.8 Å². The Morgan fingerprint density at radius 1 is 1.19 bits per heavy atom. The van der Waals surface area contributed by atoms with Crippen LogP contribution in [-0.4, -0.2) is 43.5 Å². The highest BCUT2D eigenvalue weighted by atomic mass is 19.1. The van der Waals surface area contributed by atoms with Crippen molar-refractivity contribution in [3.63, 3.8) is 0 Å². The summed E-state index contributed by atoms with van der Waals surface area (Å²) in [6, 6.07) is 8.26. The van der Waals surface area contributed by atoms with Gasteiger partial charge in [0, 0.05) is 31.5 Å². The molecule has 0 saturated carbocycles. The van der Waals surface area contributed by atoms with Crippen molar-refractivity contribution in [3.05, 3.63) is 42.0 Å². The number of nitrogens with zero attached hydrogens (tertiary/aromatic N) is 1. The van der Waals surface area contributed by atoms with E-state index in [0.717, 1.165) is 31.8 Å². The van der Waals surface area contributed by atoms with E-state index >= 15 is 0 Å². The summed E-state index contributed by atoms with van der Waals surface area (Å²) in [7, 11) is 0. The van der Waals surface area contributed by atoms with Gasteiger partial charge in [0.25, 0.3) is 0 Å². The molecule has 1 aliphatic carbocycles. The molecule has 0 amide bonds. The van der Waals surface area contributed by atoms with E-state index in [9.17, 15) is 8.78 Å². The smallest absolute Gasteiger partial charge is 0.119 e. The lowest BCUT2D eigenvalue weighted by Gasteiger charge is -2.37. The molecule has 0 N–H and O–H groups in total. The minimum absolute atomic E-state index is 0.215. The van der Waals surface area contributed by atoms with Gasteiger partial charge in [-0.1, -0.05) is 31.2 Å². The molecule has 2 aliphatic rings. The predicted molar refractivity (Wildman–Crippen MR) is 107 cm³/mol. The maximum atomic E-state index is 14.3. The maximum Gasteiger partial charge on any atom is 0.119 e. The predicted octanol–water partition coefficient (Wildman–Crippen LogP) is 5.40. The van der Waals surface area contributed by atoms with Crippen LogP contribution >= 0.6 is 0 Å². The second kappa shape index (κ2) is 8.72. The number of benzene rings is 1. The van der Waals surface area contributed by atoms with Crippen molar-refractivity contribution in [1.82, 2.24) is 4.90 Å². The summed E-state index contributed by atoms with van der Waals surface area (Å²) in [5.74, 6) is 2.14. The molecule has 0 bridgehead atoms. The molecule has 1 aliphatic heterocycles. The minimum Gasteiger partial charge on any atom is -0.492 e. The van der Waals surface area contributed by atoms with Crippen LogP contribution in [0.25, 0.3) is 0 Å². The molecule has 1 fully saturated rings. The molecule has 1 unspecified atom stereocenters. The lowest BCUT2D eigenvalue weighted by atomic mass is 9.70. The first-order valence-corrected chi connectivity index (χ1v) is 10.2. The Hall–Kier alpha value is -1.42. The minimum atomic E-state index is -1.15. The molecule has 150 valence electrons. The van der Waals surface area contributed by atoms with E-state index in [2.05, 4.69) is 36.1 Å². The maximum absolute atomic E-state index is 14.3. The van der Waals surface area contributed by atoms with Crippen LogP contribution in [0.2, 0.25) is 0 Å². The number of hydrogen-bond donors (Lipinski definition) is 0. The summed E-state index contributed by atoms with van der Waals surface area (Å²) in [6.07, 6.45) is 6.09. The van der Waals surface area contributed by atoms with Crippen LogP contribution in [0.4, 0.5) is 8.78 Å². The third-order valence-electron chi connectivity index (χ3n) is 5.96. The van der Waals surface area contributed by atoms with E-state index in [1.807, 2.05) is 12.1 Å². The van der Waals surface area contributed by atoms with Crippen molar-refractivity contribution >= 4 is 0 Å². The Balaban J connectivity index is 1.55. The highest BCUT2D eigenvalue weighted by Gasteiger charge is 2.33. The average molecular weight is 378 g/mol. The quantitative estimate of drug-likeness (QED) is 0.562. The number of halogens is 2. The zero-order valence-electron chi connectivity index (χ0n) is 16.8. The van der Waals surface area contributed by atoms with Crippen molar-refractivity contribution < 1.29 is 13.5 Å². The SMILES string of the molecule is C[C@H]1CC=C[C@@H](c2ccc(OCCN3CC(CF)C3)cc2)C1CC(C)(C)F. The Bertz CT molecular complexity index is 616. The van der Waals surface area contributed by atoms with E-state index in [0.29, 0.717) is 24.9 Å². The highest BCUT2D eigenvalue weighted by molar-refractivity contribution is 5.33. The monoisotopic (exact) mass is 377 g/mol. The summed E-state index contributed by atoms with van der Waals surface area (Å²) in [5, 5.41) is 0. The summed E-state index contributed by atoms with van der Waals surface area (Å²) in [6.45, 7) is 8.53. The van der Waals surface area contributed by atoms with Gasteiger partial charge in [-0.3, -0.25) is 9.29 Å². The molecule has 3 atom stereocenters. The van der Waals surface area contributed by atoms with Crippen LogP contribution in [0.15, 0.2) is 36.4 Å². The fraction of sp³-hybridized carbons (Fsp3) is 0.652. The van der Waals surface area contributed by atoms with Crippen molar-refractivity contribution in [1.29, 1.82) is 0 Å². The normalized spacial score (nSPS) is 26.8. The van der Waals surface area contributed by atoms with E-state index in [4.69, 9.17) is 4.74 Å². The lowest BCUT2D eigenvalue weighted by Crippen LogP contribution is -2.49. The summed E-state index contributed by atoms with van der Waals surface area (Å²) in [4.78, 5) is 2.22. The van der Waals surface area contributed by atoms with Gasteiger partial charge in [-0.15, -0.1) is 0 Å². The number of rotatable bonds is 8. The van der Waals surface area contributed by atoms with Gasteiger partial charge in [0.05, 0.1) is 6.67 Å². The van der Waals surface area contributed by atoms with Gasteiger partial charge < -0.3 is 4.74 Å². The van der Waals surface area contributed by atoms with E-state index in [1.165, 1.54) is 5.56 Å². The number of hydrogen-bond acceptors (Lipinski definition) is 2. The summed E-state index contributed by atoms with van der Waals surface area (Å²) in [5.41, 5.74) is 0.0802. The van der Waals surface area contributed by atoms with E-state index < -0.39 is 5.67 Å². The van der Waals surface area contributed by atoms with Crippen LogP contribution < -0.4 is 4.74 Å². The third-order valence-corrected chi connectivity index (χ3v) is 5.96. The largest absolute Gasteiger partial charge is 0.492 e. The van der Waals surface area contributed by atoms with Gasteiger partial charge in [-0.25, -0.2) is 4.39 Å². The van der Waals surface area contributed by atoms with Crippen LogP contribution in [-0.2, 0) is 0 Å². The van der Waals surface area contributed by atoms with Gasteiger partial charge in [0.2, 0.25) is 0 Å². The fourth-order valence-electron chi connectivity index (χ4n) is 4.39. The first-order valence-electron chi connectivity index (χ1n) is 10.2. The van der Waals surface area contributed by atoms with Crippen LogP contribution in [0.1, 0.15) is 45.1 Å². The molecule has 0 spiro atoms. The standard InChI is InChI=1S/C23H33F2NO/c1-17-5-4-6-21(22(17)13-23(2,3)25)19-7-9-20(10-8-19)27-12-11-26-15-18(14-24)16-26/h4,6-10,17-18,21-22H,5,11-16H2,1-3H3/t17-,21-,22?/m0/s1. The Labute approximate surface area is 162 Å². The van der Waals surface area contributed by atoms with Gasteiger partial charge >= 0.3 is 0 Å². The number of likely N-dealkylation sites (tertiary alicyclic amines) is 1. The lowest BCUT2D eigenvalue weighted by molar-refractivity contribution is 0.0668. The number of ether oxygens (including phenoxy) is 1. The van der Waals surface area contributed by atoms with Gasteiger partial charge in [0.1, 0.15) is 18.0 Å². The zero-order valence-corrected chi connectivity index (χ0v) is 16.8. The van der Waals surface area contributed by atoms with Gasteiger partial charge in [0.15, 0.2) is 0 Å². The molecule has 1 heterocycles. The van der Waals surface area contributed by atoms with E-state index in [1.54, 1.807) is 13.8 Å². The topological polar surface area (TPSA) is 12.5 Å². The van der Waals surface area contributed by atoms with Gasteiger partial charge in [-0.05, 0) is 56.2 Å². The molecule has 0 radical (unpaired) electrons. The first kappa shape index (κ1) is 20.3. The fourth-order valence-corrected chi connectivity index (χ4v) is 4.39. The molecule has 1 aromatic carbocycles. The van der Waals surface area contributed by atoms with Gasteiger partial charge in [-0.2, -0.15) is 0 Å². The second-order valence-corrected chi connectivity index (χ2v) is 8.95. The Kier molecular flexibility index (Phi) is 6.56. The van der Waals surface area contributed by atoms with E-state index in [-0.39, 0.29) is 18.5 Å². The zero-order chi connectivity index (χ0) is 19.4. The van der Waals surface area contributed by atoms with Crippen LogP contribution in [0.5, 0.6) is 5.75 Å². The highest BCUT2D eigenvalue weighted by Crippen LogP contribution is 2.42. The average Bonchev–Trinajstić information content (AvgIpc) is 2.58. The first-order chi connectivity index (χ1) is 12.9. The molecule has 0 aromatic heterocycles.